The van der Waals surface area contributed by atoms with Crippen molar-refractivity contribution >= 4 is 21.5 Å². The molecule has 0 bridgehead atoms. The fourth-order valence-corrected chi connectivity index (χ4v) is 3.82. The summed E-state index contributed by atoms with van der Waals surface area (Å²) in [5.41, 5.74) is 0.994. The maximum absolute atomic E-state index is 13.1. The maximum Gasteiger partial charge on any atom is 0.282 e. The zero-order valence-corrected chi connectivity index (χ0v) is 17.6. The summed E-state index contributed by atoms with van der Waals surface area (Å²) in [5.74, 6) is 0.602. The van der Waals surface area contributed by atoms with E-state index in [2.05, 4.69) is 24.8 Å². The number of alkyl halides is 2. The van der Waals surface area contributed by atoms with Crippen molar-refractivity contribution in [3.63, 3.8) is 0 Å². The molecule has 0 aliphatic carbocycles. The molecule has 0 saturated carbocycles. The first kappa shape index (κ1) is 21.5. The first-order valence-corrected chi connectivity index (χ1v) is 11.4. The Balaban J connectivity index is 1.62. The minimum Gasteiger partial charge on any atom is -0.373 e. The molecule has 1 fully saturated rings. The van der Waals surface area contributed by atoms with Gasteiger partial charge in [-0.3, -0.25) is 0 Å². The maximum atomic E-state index is 13.1. The van der Waals surface area contributed by atoms with Crippen molar-refractivity contribution in [2.75, 3.05) is 30.9 Å². The molecule has 0 spiro atoms. The molecule has 3 aromatic heterocycles. The van der Waals surface area contributed by atoms with Gasteiger partial charge in [0.05, 0.1) is 36.9 Å². The van der Waals surface area contributed by atoms with Gasteiger partial charge in [0.15, 0.2) is 5.65 Å². The molecule has 4 heterocycles. The van der Waals surface area contributed by atoms with Crippen molar-refractivity contribution in [2.24, 2.45) is 0 Å². The van der Waals surface area contributed by atoms with Crippen LogP contribution in [0.3, 0.4) is 0 Å². The van der Waals surface area contributed by atoms with E-state index in [0.717, 1.165) is 6.26 Å². The van der Waals surface area contributed by atoms with E-state index in [1.807, 2.05) is 11.8 Å². The third kappa shape index (κ3) is 4.78. The van der Waals surface area contributed by atoms with Gasteiger partial charge in [0.2, 0.25) is 10.0 Å². The molecule has 3 aromatic rings. The number of aromatic nitrogens is 5. The van der Waals surface area contributed by atoms with Crippen LogP contribution in [-0.2, 0) is 14.8 Å². The molecule has 1 aliphatic rings. The van der Waals surface area contributed by atoms with Crippen LogP contribution in [0.15, 0.2) is 30.7 Å². The van der Waals surface area contributed by atoms with Crippen LogP contribution < -0.4 is 9.62 Å². The number of sulfonamides is 1. The molecule has 166 valence electrons. The Bertz CT molecular complexity index is 1190. The number of fused-ring (bicyclic) bond motifs is 1. The molecular weight excluding hydrogens is 432 g/mol. The van der Waals surface area contributed by atoms with Crippen LogP contribution in [0, 0.1) is 0 Å². The van der Waals surface area contributed by atoms with Gasteiger partial charge in [0.25, 0.3) is 6.43 Å². The summed E-state index contributed by atoms with van der Waals surface area (Å²) in [5, 5.41) is 3.97. The zero-order chi connectivity index (χ0) is 22.2. The van der Waals surface area contributed by atoms with Crippen LogP contribution in [0.4, 0.5) is 14.6 Å². The topological polar surface area (TPSA) is 115 Å². The van der Waals surface area contributed by atoms with Crippen LogP contribution in [-0.4, -0.2) is 71.1 Å². The van der Waals surface area contributed by atoms with E-state index in [0.29, 0.717) is 36.0 Å². The lowest BCUT2D eigenvalue weighted by Crippen LogP contribution is -2.52. The van der Waals surface area contributed by atoms with Gasteiger partial charge in [0.1, 0.15) is 23.5 Å². The molecule has 1 saturated heterocycles. The van der Waals surface area contributed by atoms with Gasteiger partial charge in [-0.2, -0.15) is 5.10 Å². The van der Waals surface area contributed by atoms with Crippen LogP contribution in [0.5, 0.6) is 0 Å². The normalized spacial score (nSPS) is 20.0. The third-order valence-corrected chi connectivity index (χ3v) is 5.59. The zero-order valence-electron chi connectivity index (χ0n) is 16.8. The largest absolute Gasteiger partial charge is 0.373 e. The Morgan fingerprint density at radius 1 is 1.29 bits per heavy atom. The molecule has 0 aromatic carbocycles. The SMILES string of the molecule is C[C@@H]1CO[C@H](CNS(C)(=O)=O)CN1c1cc(-c2cnc3ccc(C(F)F)nn23)ncn1. The summed E-state index contributed by atoms with van der Waals surface area (Å²) in [6.07, 6.45) is 0.942. The second-order valence-corrected chi connectivity index (χ2v) is 9.14. The van der Waals surface area contributed by atoms with Crippen LogP contribution in [0.2, 0.25) is 0 Å². The molecule has 0 amide bonds. The highest BCUT2D eigenvalue weighted by atomic mass is 32.2. The highest BCUT2D eigenvalue weighted by Gasteiger charge is 2.28. The number of hydrogen-bond donors (Lipinski definition) is 1. The smallest absolute Gasteiger partial charge is 0.282 e. The minimum absolute atomic E-state index is 0.0111. The molecule has 10 nitrogen and oxygen atoms in total. The highest BCUT2D eigenvalue weighted by Crippen LogP contribution is 2.25. The molecule has 2 atom stereocenters. The molecule has 1 aliphatic heterocycles. The fourth-order valence-electron chi connectivity index (χ4n) is 3.33. The van der Waals surface area contributed by atoms with Crippen molar-refractivity contribution in [1.82, 2.24) is 29.3 Å². The molecule has 13 heteroatoms. The van der Waals surface area contributed by atoms with Crippen molar-refractivity contribution in [3.05, 3.63) is 36.4 Å². The Morgan fingerprint density at radius 3 is 2.84 bits per heavy atom. The Kier molecular flexibility index (Phi) is 5.81. The number of morpholine rings is 1. The summed E-state index contributed by atoms with van der Waals surface area (Å²) in [6, 6.07) is 4.43. The summed E-state index contributed by atoms with van der Waals surface area (Å²) in [7, 11) is -3.33. The molecule has 0 radical (unpaired) electrons. The average Bonchev–Trinajstić information content (AvgIpc) is 3.16. The van der Waals surface area contributed by atoms with E-state index in [9.17, 15) is 17.2 Å². The van der Waals surface area contributed by atoms with E-state index in [4.69, 9.17) is 4.74 Å². The summed E-state index contributed by atoms with van der Waals surface area (Å²) in [4.78, 5) is 14.8. The molecule has 1 N–H and O–H groups in total. The number of ether oxygens (including phenoxy) is 1. The Morgan fingerprint density at radius 2 is 2.10 bits per heavy atom. The van der Waals surface area contributed by atoms with Gasteiger partial charge in [-0.05, 0) is 19.1 Å². The predicted molar refractivity (Wildman–Crippen MR) is 108 cm³/mol. The van der Waals surface area contributed by atoms with Crippen molar-refractivity contribution in [3.8, 4) is 11.4 Å². The van der Waals surface area contributed by atoms with Gasteiger partial charge in [-0.1, -0.05) is 0 Å². The monoisotopic (exact) mass is 453 g/mol. The molecule has 0 unspecified atom stereocenters. The Labute approximate surface area is 177 Å². The average molecular weight is 453 g/mol. The molecular formula is C18H21F2N7O3S. The number of imidazole rings is 1. The van der Waals surface area contributed by atoms with E-state index in [1.54, 1.807) is 6.07 Å². The minimum atomic E-state index is -3.33. The standard InChI is InChI=1S/C18H21F2N7O3S/c1-11-9-30-12(6-24-31(2,28)29)8-26(11)17-5-14(22-10-23-17)15-7-21-16-4-3-13(18(19)20)25-27(15)16/h3-5,7,10-12,18,24H,6,8-9H2,1-2H3/t11-,12-/m1/s1. The number of nitrogens with zero attached hydrogens (tertiary/aromatic N) is 6. The molecule has 31 heavy (non-hydrogen) atoms. The van der Waals surface area contributed by atoms with Crippen LogP contribution in [0.25, 0.3) is 17.0 Å². The van der Waals surface area contributed by atoms with Gasteiger partial charge in [-0.15, -0.1) is 0 Å². The fraction of sp³-hybridized carbons (Fsp3) is 0.444. The van der Waals surface area contributed by atoms with Crippen molar-refractivity contribution in [2.45, 2.75) is 25.5 Å². The van der Waals surface area contributed by atoms with Gasteiger partial charge >= 0.3 is 0 Å². The number of halogens is 2. The second kappa shape index (κ2) is 8.40. The van der Waals surface area contributed by atoms with Crippen molar-refractivity contribution < 1.29 is 21.9 Å². The van der Waals surface area contributed by atoms with E-state index >= 15 is 0 Å². The van der Waals surface area contributed by atoms with Gasteiger partial charge in [-0.25, -0.2) is 41.4 Å². The highest BCUT2D eigenvalue weighted by molar-refractivity contribution is 7.88. The lowest BCUT2D eigenvalue weighted by atomic mass is 10.2. The van der Waals surface area contributed by atoms with Gasteiger partial charge < -0.3 is 9.64 Å². The van der Waals surface area contributed by atoms with E-state index in [1.165, 1.54) is 29.2 Å². The van der Waals surface area contributed by atoms with Crippen molar-refractivity contribution in [1.29, 1.82) is 0 Å². The number of anilines is 1. The predicted octanol–water partition coefficient (Wildman–Crippen LogP) is 1.27. The number of rotatable bonds is 6. The number of nitrogens with one attached hydrogen (secondary N) is 1. The lowest BCUT2D eigenvalue weighted by Gasteiger charge is -2.38. The first-order chi connectivity index (χ1) is 14.7. The number of hydrogen-bond acceptors (Lipinski definition) is 8. The summed E-state index contributed by atoms with van der Waals surface area (Å²) in [6.45, 7) is 2.92. The second-order valence-electron chi connectivity index (χ2n) is 7.31. The van der Waals surface area contributed by atoms with Gasteiger partial charge in [0, 0.05) is 19.2 Å². The summed E-state index contributed by atoms with van der Waals surface area (Å²) >= 11 is 0. The third-order valence-electron chi connectivity index (χ3n) is 4.89. The molecule has 4 rings (SSSR count). The quantitative estimate of drug-likeness (QED) is 0.594. The Hall–Kier alpha value is -2.77. The first-order valence-electron chi connectivity index (χ1n) is 9.49. The summed E-state index contributed by atoms with van der Waals surface area (Å²) < 4.78 is 58.4. The lowest BCUT2D eigenvalue weighted by molar-refractivity contribution is 0.0259. The van der Waals surface area contributed by atoms with Crippen LogP contribution in [0.1, 0.15) is 19.0 Å². The van der Waals surface area contributed by atoms with E-state index < -0.39 is 16.4 Å². The van der Waals surface area contributed by atoms with Crippen LogP contribution >= 0.6 is 0 Å². The van der Waals surface area contributed by atoms with E-state index in [-0.39, 0.29) is 24.4 Å².